The van der Waals surface area contributed by atoms with Gasteiger partial charge in [0, 0.05) is 22.7 Å². The Balaban J connectivity index is 1.85. The molecule has 0 aliphatic rings. The van der Waals surface area contributed by atoms with Gasteiger partial charge in [-0.1, -0.05) is 41.9 Å². The molecule has 1 aromatic heterocycles. The highest BCUT2D eigenvalue weighted by molar-refractivity contribution is 7.98. The van der Waals surface area contributed by atoms with E-state index >= 15 is 0 Å². The number of halogens is 1. The molecule has 3 aromatic rings. The standard InChI is InChI=1S/C17H15ClN2S/c18-14-7-5-12(6-8-14)11-21-17-9-13(10-19)15-3-1-2-4-16(15)20-17/h1-9H,10-11,19H2. The molecule has 2 nitrogen and oxygen atoms in total. The zero-order valence-electron chi connectivity index (χ0n) is 11.4. The van der Waals surface area contributed by atoms with Crippen LogP contribution in [0.25, 0.3) is 10.9 Å². The van der Waals surface area contributed by atoms with Crippen molar-refractivity contribution < 1.29 is 0 Å². The van der Waals surface area contributed by atoms with Crippen LogP contribution in [-0.2, 0) is 12.3 Å². The molecule has 2 aromatic carbocycles. The van der Waals surface area contributed by atoms with Gasteiger partial charge in [-0.15, -0.1) is 11.8 Å². The first-order valence-corrected chi connectivity index (χ1v) is 8.08. The van der Waals surface area contributed by atoms with Crippen LogP contribution in [-0.4, -0.2) is 4.98 Å². The average Bonchev–Trinajstić information content (AvgIpc) is 2.53. The topological polar surface area (TPSA) is 38.9 Å². The maximum atomic E-state index is 5.90. The van der Waals surface area contributed by atoms with E-state index in [9.17, 15) is 0 Å². The highest BCUT2D eigenvalue weighted by Gasteiger charge is 2.05. The van der Waals surface area contributed by atoms with Gasteiger partial charge in [0.2, 0.25) is 0 Å². The van der Waals surface area contributed by atoms with Gasteiger partial charge in [0.15, 0.2) is 0 Å². The summed E-state index contributed by atoms with van der Waals surface area (Å²) in [4.78, 5) is 4.70. The van der Waals surface area contributed by atoms with Crippen molar-refractivity contribution in [1.29, 1.82) is 0 Å². The number of nitrogens with zero attached hydrogens (tertiary/aromatic N) is 1. The molecule has 4 heteroatoms. The van der Waals surface area contributed by atoms with Crippen molar-refractivity contribution in [3.05, 3.63) is 70.7 Å². The van der Waals surface area contributed by atoms with Crippen LogP contribution in [0.1, 0.15) is 11.1 Å². The predicted octanol–water partition coefficient (Wildman–Crippen LogP) is 4.64. The number of para-hydroxylation sites is 1. The zero-order valence-corrected chi connectivity index (χ0v) is 13.0. The lowest BCUT2D eigenvalue weighted by molar-refractivity contribution is 1.05. The maximum Gasteiger partial charge on any atom is 0.0974 e. The Morgan fingerprint density at radius 2 is 1.81 bits per heavy atom. The highest BCUT2D eigenvalue weighted by atomic mass is 35.5. The minimum Gasteiger partial charge on any atom is -0.326 e. The molecular weight excluding hydrogens is 300 g/mol. The van der Waals surface area contributed by atoms with Crippen molar-refractivity contribution in [1.82, 2.24) is 4.98 Å². The van der Waals surface area contributed by atoms with Gasteiger partial charge in [-0.3, -0.25) is 0 Å². The predicted molar refractivity (Wildman–Crippen MR) is 90.6 cm³/mol. The van der Waals surface area contributed by atoms with Crippen molar-refractivity contribution in [2.45, 2.75) is 17.3 Å². The molecule has 0 radical (unpaired) electrons. The maximum absolute atomic E-state index is 5.90. The lowest BCUT2D eigenvalue weighted by Crippen LogP contribution is -1.99. The summed E-state index contributed by atoms with van der Waals surface area (Å²) in [6.07, 6.45) is 0. The SMILES string of the molecule is NCc1cc(SCc2ccc(Cl)cc2)nc2ccccc12. The molecule has 0 atom stereocenters. The Kier molecular flexibility index (Phi) is 4.44. The van der Waals surface area contributed by atoms with E-state index in [1.54, 1.807) is 11.8 Å². The third kappa shape index (κ3) is 3.38. The van der Waals surface area contributed by atoms with Crippen LogP contribution in [0.4, 0.5) is 0 Å². The lowest BCUT2D eigenvalue weighted by Gasteiger charge is -2.08. The van der Waals surface area contributed by atoms with E-state index < -0.39 is 0 Å². The van der Waals surface area contributed by atoms with E-state index in [0.29, 0.717) is 6.54 Å². The van der Waals surface area contributed by atoms with Crippen LogP contribution in [0.15, 0.2) is 59.6 Å². The molecular formula is C17H15ClN2S. The van der Waals surface area contributed by atoms with Gasteiger partial charge >= 0.3 is 0 Å². The molecule has 3 rings (SSSR count). The number of benzene rings is 2. The Morgan fingerprint density at radius 1 is 1.05 bits per heavy atom. The Hall–Kier alpha value is -1.55. The summed E-state index contributed by atoms with van der Waals surface area (Å²) in [6, 6.07) is 18.1. The number of rotatable bonds is 4. The second kappa shape index (κ2) is 6.48. The van der Waals surface area contributed by atoms with Gasteiger partial charge in [0.05, 0.1) is 10.5 Å². The summed E-state index contributed by atoms with van der Waals surface area (Å²) < 4.78 is 0. The van der Waals surface area contributed by atoms with E-state index in [2.05, 4.69) is 12.1 Å². The van der Waals surface area contributed by atoms with Crippen molar-refractivity contribution in [3.8, 4) is 0 Å². The molecule has 0 unspecified atom stereocenters. The minimum absolute atomic E-state index is 0.525. The van der Waals surface area contributed by atoms with Gasteiger partial charge in [-0.05, 0) is 35.4 Å². The smallest absolute Gasteiger partial charge is 0.0974 e. The Morgan fingerprint density at radius 3 is 2.57 bits per heavy atom. The molecule has 0 aliphatic carbocycles. The van der Waals surface area contributed by atoms with Crippen LogP contribution >= 0.6 is 23.4 Å². The van der Waals surface area contributed by atoms with Gasteiger partial charge in [0.25, 0.3) is 0 Å². The number of pyridine rings is 1. The lowest BCUT2D eigenvalue weighted by atomic mass is 10.1. The van der Waals surface area contributed by atoms with Crippen molar-refractivity contribution in [2.75, 3.05) is 0 Å². The van der Waals surface area contributed by atoms with E-state index in [0.717, 1.165) is 32.3 Å². The average molecular weight is 315 g/mol. The number of nitrogens with two attached hydrogens (primary N) is 1. The highest BCUT2D eigenvalue weighted by Crippen LogP contribution is 2.26. The summed E-state index contributed by atoms with van der Waals surface area (Å²) in [7, 11) is 0. The number of hydrogen-bond donors (Lipinski definition) is 1. The molecule has 0 saturated heterocycles. The molecule has 0 spiro atoms. The summed E-state index contributed by atoms with van der Waals surface area (Å²) in [5, 5.41) is 2.90. The van der Waals surface area contributed by atoms with E-state index in [-0.39, 0.29) is 0 Å². The molecule has 1 heterocycles. The second-order valence-electron chi connectivity index (χ2n) is 4.76. The van der Waals surface area contributed by atoms with Crippen LogP contribution in [0.3, 0.4) is 0 Å². The van der Waals surface area contributed by atoms with Gasteiger partial charge in [-0.2, -0.15) is 0 Å². The second-order valence-corrected chi connectivity index (χ2v) is 6.19. The summed E-state index contributed by atoms with van der Waals surface area (Å²) in [6.45, 7) is 0.525. The van der Waals surface area contributed by atoms with Crippen molar-refractivity contribution in [2.24, 2.45) is 5.73 Å². The first kappa shape index (κ1) is 14.4. The first-order valence-electron chi connectivity index (χ1n) is 6.72. The molecule has 0 saturated carbocycles. The number of thioether (sulfide) groups is 1. The fourth-order valence-corrected chi connectivity index (χ4v) is 3.22. The van der Waals surface area contributed by atoms with Crippen LogP contribution in [0.2, 0.25) is 5.02 Å². The number of fused-ring (bicyclic) bond motifs is 1. The van der Waals surface area contributed by atoms with E-state index in [1.807, 2.05) is 42.5 Å². The van der Waals surface area contributed by atoms with Crippen LogP contribution in [0, 0.1) is 0 Å². The van der Waals surface area contributed by atoms with Crippen LogP contribution in [0.5, 0.6) is 0 Å². The van der Waals surface area contributed by atoms with Crippen molar-refractivity contribution >= 4 is 34.3 Å². The van der Waals surface area contributed by atoms with Crippen molar-refractivity contribution in [3.63, 3.8) is 0 Å². The molecule has 0 fully saturated rings. The summed E-state index contributed by atoms with van der Waals surface area (Å²) >= 11 is 7.61. The third-order valence-corrected chi connectivity index (χ3v) is 4.53. The summed E-state index contributed by atoms with van der Waals surface area (Å²) in [5.41, 5.74) is 9.22. The largest absolute Gasteiger partial charge is 0.326 e. The van der Waals surface area contributed by atoms with E-state index in [4.69, 9.17) is 22.3 Å². The molecule has 0 aliphatic heterocycles. The van der Waals surface area contributed by atoms with Crippen LogP contribution < -0.4 is 5.73 Å². The Labute approximate surface area is 133 Å². The fraction of sp³-hybridized carbons (Fsp3) is 0.118. The molecule has 0 amide bonds. The van der Waals surface area contributed by atoms with Gasteiger partial charge in [0.1, 0.15) is 0 Å². The first-order chi connectivity index (χ1) is 10.3. The van der Waals surface area contributed by atoms with Gasteiger partial charge < -0.3 is 5.73 Å². The quantitative estimate of drug-likeness (QED) is 0.713. The fourth-order valence-electron chi connectivity index (χ4n) is 2.20. The molecule has 106 valence electrons. The molecule has 2 N–H and O–H groups in total. The molecule has 21 heavy (non-hydrogen) atoms. The number of hydrogen-bond acceptors (Lipinski definition) is 3. The van der Waals surface area contributed by atoms with Gasteiger partial charge in [-0.25, -0.2) is 4.98 Å². The monoisotopic (exact) mass is 314 g/mol. The zero-order chi connectivity index (χ0) is 14.7. The normalized spacial score (nSPS) is 11.0. The Bertz CT molecular complexity index is 756. The summed E-state index contributed by atoms with van der Waals surface area (Å²) in [5.74, 6) is 0.868. The molecule has 0 bridgehead atoms. The number of aromatic nitrogens is 1. The third-order valence-electron chi connectivity index (χ3n) is 3.30. The van der Waals surface area contributed by atoms with E-state index in [1.165, 1.54) is 5.56 Å². The minimum atomic E-state index is 0.525.